The molecule has 0 spiro atoms. The number of ketones is 2. The van der Waals surface area contributed by atoms with Gasteiger partial charge in [-0.25, -0.2) is 16.8 Å². The first-order valence-corrected chi connectivity index (χ1v) is 18.5. The Kier molecular flexibility index (Phi) is 9.56. The van der Waals surface area contributed by atoms with Crippen molar-refractivity contribution in [3.63, 3.8) is 0 Å². The summed E-state index contributed by atoms with van der Waals surface area (Å²) in [7, 11) is -18.9. The fourth-order valence-corrected chi connectivity index (χ4v) is 11.1. The Morgan fingerprint density at radius 1 is 0.571 bits per heavy atom. The topological polar surface area (TPSA) is 218 Å². The zero-order valence-corrected chi connectivity index (χ0v) is 26.2. The number of sulfonamides is 2. The monoisotopic (exact) mass is 666 g/mol. The van der Waals surface area contributed by atoms with Crippen LogP contribution in [0.25, 0.3) is 0 Å². The summed E-state index contributed by atoms with van der Waals surface area (Å²) in [6.45, 7) is 4.69. The van der Waals surface area contributed by atoms with Gasteiger partial charge in [0.25, 0.3) is 20.2 Å². The number of nitrogens with zero attached hydrogens (tertiary/aromatic N) is 2. The number of benzene rings is 2. The second-order valence-electron chi connectivity index (χ2n) is 9.25. The molecular weight excluding hydrogens is 637 g/mol. The molecule has 0 heterocycles. The lowest BCUT2D eigenvalue weighted by molar-refractivity contribution is 0.0978. The van der Waals surface area contributed by atoms with Crippen LogP contribution in [0.15, 0.2) is 46.2 Å². The van der Waals surface area contributed by atoms with Gasteiger partial charge >= 0.3 is 0 Å². The molecule has 42 heavy (non-hydrogen) atoms. The first-order valence-electron chi connectivity index (χ1n) is 12.6. The van der Waals surface area contributed by atoms with Crippen molar-refractivity contribution in [3.8, 4) is 0 Å². The molecule has 0 saturated carbocycles. The van der Waals surface area contributed by atoms with E-state index >= 15 is 0 Å². The highest BCUT2D eigenvalue weighted by molar-refractivity contribution is 7.92. The molecule has 0 fully saturated rings. The molecule has 14 nitrogen and oxygen atoms in total. The number of hydrogen-bond donors (Lipinski definition) is 2. The largest absolute Gasteiger partial charge is 0.289 e. The molecule has 2 unspecified atom stereocenters. The van der Waals surface area contributed by atoms with Crippen molar-refractivity contribution in [2.24, 2.45) is 0 Å². The molecule has 2 atom stereocenters. The molecule has 2 aromatic rings. The summed E-state index contributed by atoms with van der Waals surface area (Å²) in [4.78, 5) is 25.7. The second kappa shape index (κ2) is 11.8. The van der Waals surface area contributed by atoms with Crippen molar-refractivity contribution in [3.05, 3.63) is 58.7 Å². The average molecular weight is 667 g/mol. The van der Waals surface area contributed by atoms with E-state index in [0.29, 0.717) is 8.61 Å². The van der Waals surface area contributed by atoms with Crippen molar-refractivity contribution in [1.82, 2.24) is 8.61 Å². The summed E-state index contributed by atoms with van der Waals surface area (Å²) in [5.74, 6) is -1.63. The molecule has 0 bridgehead atoms. The minimum atomic E-state index is -4.83. The Labute approximate surface area is 244 Å². The Balaban J connectivity index is 2.16. The molecule has 2 N–H and O–H groups in total. The molecule has 0 aliphatic heterocycles. The molecule has 0 radical (unpaired) electrons. The first kappa shape index (κ1) is 33.9. The summed E-state index contributed by atoms with van der Waals surface area (Å²) in [6.07, 6.45) is -0.575. The second-order valence-corrected chi connectivity index (χ2v) is 16.2. The van der Waals surface area contributed by atoms with E-state index in [1.165, 1.54) is 27.7 Å². The van der Waals surface area contributed by atoms with E-state index in [1.807, 2.05) is 0 Å². The van der Waals surface area contributed by atoms with E-state index in [1.54, 1.807) is 0 Å². The van der Waals surface area contributed by atoms with Crippen LogP contribution >= 0.6 is 0 Å². The van der Waals surface area contributed by atoms with Crippen molar-refractivity contribution in [2.45, 2.75) is 61.1 Å². The molecule has 1 aliphatic rings. The van der Waals surface area contributed by atoms with Crippen molar-refractivity contribution in [1.29, 1.82) is 0 Å². The summed E-state index contributed by atoms with van der Waals surface area (Å²) < 4.78 is 121. The van der Waals surface area contributed by atoms with Crippen LogP contribution in [0.3, 0.4) is 0 Å². The van der Waals surface area contributed by atoms with E-state index in [-0.39, 0.29) is 37.1 Å². The number of rotatable bonds is 12. The van der Waals surface area contributed by atoms with Crippen LogP contribution in [0.2, 0.25) is 0 Å². The summed E-state index contributed by atoms with van der Waals surface area (Å²) in [5.41, 5.74) is -1.15. The number of carbonyl (C=O) groups is 2. The smallest absolute Gasteiger partial charge is 0.282 e. The SMILES string of the molecule is CCC(N(CC)S(=O)(=O)c1ccc2c(c1)C(=O)c1cc(S(=O)(=O)N(CC)C(CC)S(=O)(=O)O)ccc1C2=O)S(=O)(=O)O. The molecule has 0 amide bonds. The zero-order valence-electron chi connectivity index (χ0n) is 23.0. The number of carbonyl (C=O) groups excluding carboxylic acids is 2. The Bertz CT molecular complexity index is 1740. The van der Waals surface area contributed by atoms with Crippen molar-refractivity contribution >= 4 is 51.8 Å². The lowest BCUT2D eigenvalue weighted by Crippen LogP contribution is -2.44. The van der Waals surface area contributed by atoms with Gasteiger partial charge in [0, 0.05) is 35.3 Å². The van der Waals surface area contributed by atoms with E-state index in [4.69, 9.17) is 0 Å². The van der Waals surface area contributed by atoms with E-state index in [2.05, 4.69) is 0 Å². The molecule has 2 aromatic carbocycles. The summed E-state index contributed by atoms with van der Waals surface area (Å²) in [5, 5.41) is -3.63. The van der Waals surface area contributed by atoms with Crippen LogP contribution in [0.5, 0.6) is 0 Å². The van der Waals surface area contributed by atoms with Gasteiger partial charge < -0.3 is 0 Å². The molecule has 3 rings (SSSR count). The van der Waals surface area contributed by atoms with E-state index in [9.17, 15) is 52.4 Å². The highest BCUT2D eigenvalue weighted by Crippen LogP contribution is 2.33. The fourth-order valence-electron chi connectivity index (χ4n) is 4.88. The van der Waals surface area contributed by atoms with Gasteiger partial charge in [-0.15, -0.1) is 0 Å². The maximum Gasteiger partial charge on any atom is 0.282 e. The van der Waals surface area contributed by atoms with Crippen molar-refractivity contribution < 1.29 is 52.4 Å². The van der Waals surface area contributed by atoms with E-state index < -0.39 is 83.5 Å². The number of hydrogen-bond acceptors (Lipinski definition) is 10. The van der Waals surface area contributed by atoms with Gasteiger partial charge in [-0.3, -0.25) is 18.7 Å². The molecule has 18 heteroatoms. The van der Waals surface area contributed by atoms with E-state index in [0.717, 1.165) is 36.4 Å². The fraction of sp³-hybridized carbons (Fsp3) is 0.417. The highest BCUT2D eigenvalue weighted by Gasteiger charge is 2.40. The van der Waals surface area contributed by atoms with Crippen LogP contribution in [0.4, 0.5) is 0 Å². The highest BCUT2D eigenvalue weighted by atomic mass is 32.2. The third kappa shape index (κ3) is 5.94. The maximum atomic E-state index is 13.5. The Morgan fingerprint density at radius 2 is 0.881 bits per heavy atom. The van der Waals surface area contributed by atoms with Crippen molar-refractivity contribution in [2.75, 3.05) is 13.1 Å². The molecular formula is C24H30N2O12S4. The number of fused-ring (bicyclic) bond motifs is 2. The van der Waals surface area contributed by atoms with Gasteiger partial charge in [0.1, 0.15) is 0 Å². The van der Waals surface area contributed by atoms with Crippen LogP contribution in [0.1, 0.15) is 72.4 Å². The lowest BCUT2D eigenvalue weighted by Gasteiger charge is -2.28. The Morgan fingerprint density at radius 3 is 1.14 bits per heavy atom. The van der Waals surface area contributed by atoms with Gasteiger partial charge in [0.2, 0.25) is 20.0 Å². The van der Waals surface area contributed by atoms with Gasteiger partial charge in [-0.05, 0) is 49.2 Å². The molecule has 232 valence electrons. The predicted molar refractivity (Wildman–Crippen MR) is 150 cm³/mol. The first-order chi connectivity index (χ1) is 19.3. The molecule has 1 aliphatic carbocycles. The maximum absolute atomic E-state index is 13.5. The molecule has 0 aromatic heterocycles. The minimum absolute atomic E-state index is 0.181. The lowest BCUT2D eigenvalue weighted by atomic mass is 9.84. The minimum Gasteiger partial charge on any atom is -0.289 e. The third-order valence-electron chi connectivity index (χ3n) is 6.83. The molecule has 0 saturated heterocycles. The standard InChI is InChI=1S/C24H30N2O12S4/c1-5-21(41(33,34)35)25(7-3)39(29,30)15-9-11-17-19(13-15)24(28)20-14-16(10-12-18(20)23(17)27)40(31,32)26(8-4)22(6-2)42(36,37)38/h9-14,21-22H,5-8H2,1-4H3,(H,33,34,35)(H,36,37,38). The zero-order chi connectivity index (χ0) is 32.0. The quantitative estimate of drug-likeness (QED) is 0.264. The van der Waals surface area contributed by atoms with Crippen LogP contribution in [-0.2, 0) is 40.3 Å². The van der Waals surface area contributed by atoms with Gasteiger partial charge in [0.15, 0.2) is 22.3 Å². The summed E-state index contributed by atoms with van der Waals surface area (Å²) in [6, 6.07) is 5.93. The van der Waals surface area contributed by atoms with Gasteiger partial charge in [-0.1, -0.05) is 27.7 Å². The third-order valence-corrected chi connectivity index (χ3v) is 13.6. The van der Waals surface area contributed by atoms with Crippen LogP contribution in [0, 0.1) is 0 Å². The average Bonchev–Trinajstić information content (AvgIpc) is 2.90. The van der Waals surface area contributed by atoms with Crippen LogP contribution in [-0.4, -0.2) is 86.8 Å². The normalized spacial score (nSPS) is 15.9. The van der Waals surface area contributed by atoms with Crippen LogP contribution < -0.4 is 0 Å². The summed E-state index contributed by atoms with van der Waals surface area (Å²) >= 11 is 0. The van der Waals surface area contributed by atoms with Gasteiger partial charge in [0.05, 0.1) is 9.79 Å². The van der Waals surface area contributed by atoms with Gasteiger partial charge in [-0.2, -0.15) is 25.4 Å². The Hall–Kier alpha value is -2.58. The predicted octanol–water partition coefficient (Wildman–Crippen LogP) is 1.73.